The predicted octanol–water partition coefficient (Wildman–Crippen LogP) is 0.609. The maximum absolute atomic E-state index is 12.2. The maximum atomic E-state index is 12.2. The summed E-state index contributed by atoms with van der Waals surface area (Å²) in [6.45, 7) is 6.79. The molecule has 0 aliphatic rings. The van der Waals surface area contributed by atoms with Gasteiger partial charge in [-0.15, -0.1) is 0 Å². The number of sulfonamides is 1. The smallest absolute Gasteiger partial charge is 0.244 e. The van der Waals surface area contributed by atoms with Crippen LogP contribution in [0, 0.1) is 6.92 Å². The monoisotopic (exact) mass is 318 g/mol. The number of aliphatic hydroxyl groups excluding tert-OH is 1. The van der Waals surface area contributed by atoms with Crippen molar-refractivity contribution in [3.63, 3.8) is 0 Å². The van der Waals surface area contributed by atoms with Crippen molar-refractivity contribution in [2.75, 3.05) is 20.1 Å². The summed E-state index contributed by atoms with van der Waals surface area (Å²) in [6.07, 6.45) is 1.69. The minimum atomic E-state index is -3.62. The highest BCUT2D eigenvalue weighted by atomic mass is 32.2. The molecule has 0 saturated carbocycles. The normalized spacial score (nSPS) is 12.5. The van der Waals surface area contributed by atoms with Gasteiger partial charge in [0.2, 0.25) is 10.0 Å². The van der Waals surface area contributed by atoms with Gasteiger partial charge in [0.1, 0.15) is 10.6 Å². The second-order valence-corrected chi connectivity index (χ2v) is 7.17. The van der Waals surface area contributed by atoms with E-state index in [1.165, 1.54) is 0 Å². The molecule has 8 heteroatoms. The fourth-order valence-corrected chi connectivity index (χ4v) is 3.38. The fraction of sp³-hybridized carbons (Fsp3) is 0.769. The molecule has 0 aliphatic heterocycles. The number of aliphatic hydroxyl groups is 1. The first-order valence-corrected chi connectivity index (χ1v) is 8.62. The van der Waals surface area contributed by atoms with Gasteiger partial charge in [-0.3, -0.25) is 5.10 Å². The molecule has 0 saturated heterocycles. The van der Waals surface area contributed by atoms with Gasteiger partial charge in [-0.25, -0.2) is 13.1 Å². The van der Waals surface area contributed by atoms with Gasteiger partial charge in [0.25, 0.3) is 0 Å². The molecule has 21 heavy (non-hydrogen) atoms. The molecular weight excluding hydrogens is 292 g/mol. The van der Waals surface area contributed by atoms with E-state index in [0.29, 0.717) is 18.3 Å². The van der Waals surface area contributed by atoms with Crippen LogP contribution in [0.2, 0.25) is 0 Å². The molecule has 0 spiro atoms. The van der Waals surface area contributed by atoms with Crippen LogP contribution in [0.5, 0.6) is 0 Å². The number of unbranched alkanes of at least 4 members (excludes halogenated alkanes) is 1. The van der Waals surface area contributed by atoms with Gasteiger partial charge in [-0.05, 0) is 47.2 Å². The molecule has 0 amide bonds. The lowest BCUT2D eigenvalue weighted by atomic mass is 10.2. The zero-order valence-electron chi connectivity index (χ0n) is 13.2. The molecule has 1 aromatic rings. The third-order valence-electron chi connectivity index (χ3n) is 3.49. The molecule has 0 radical (unpaired) electrons. The molecule has 0 atom stereocenters. The number of aromatic nitrogens is 2. The van der Waals surface area contributed by atoms with E-state index < -0.39 is 16.6 Å². The Balaban J connectivity index is 2.49. The highest BCUT2D eigenvalue weighted by molar-refractivity contribution is 7.89. The molecule has 0 unspecified atom stereocenters. The zero-order chi connectivity index (χ0) is 16.0. The van der Waals surface area contributed by atoms with Gasteiger partial charge in [-0.1, -0.05) is 0 Å². The first kappa shape index (κ1) is 18.1. The van der Waals surface area contributed by atoms with E-state index in [-0.39, 0.29) is 10.6 Å². The predicted molar refractivity (Wildman–Crippen MR) is 81.4 cm³/mol. The molecule has 0 bridgehead atoms. The number of H-pyrrole nitrogens is 1. The summed E-state index contributed by atoms with van der Waals surface area (Å²) in [5, 5.41) is 15.5. The standard InChI is InChI=1S/C13H26N4O3S/c1-10(2)17(4)8-6-5-7-14-21(19,20)13-11(3)15-16-12(13)9-18/h10,14,18H,5-9H2,1-4H3,(H,15,16). The van der Waals surface area contributed by atoms with E-state index in [4.69, 9.17) is 5.11 Å². The van der Waals surface area contributed by atoms with Crippen LogP contribution in [0.3, 0.4) is 0 Å². The molecule has 0 aliphatic carbocycles. The molecule has 122 valence electrons. The van der Waals surface area contributed by atoms with Crippen LogP contribution in [0.4, 0.5) is 0 Å². The molecule has 0 fully saturated rings. The summed E-state index contributed by atoms with van der Waals surface area (Å²) in [6, 6.07) is 0.488. The number of aromatic amines is 1. The molecular formula is C13H26N4O3S. The summed E-state index contributed by atoms with van der Waals surface area (Å²) in [4.78, 5) is 2.28. The third kappa shape index (κ3) is 5.06. The average Bonchev–Trinajstić information content (AvgIpc) is 2.79. The van der Waals surface area contributed by atoms with Crippen molar-refractivity contribution >= 4 is 10.0 Å². The number of hydrogen-bond acceptors (Lipinski definition) is 5. The topological polar surface area (TPSA) is 98.3 Å². The van der Waals surface area contributed by atoms with Crippen LogP contribution in [0.1, 0.15) is 38.1 Å². The van der Waals surface area contributed by atoms with Crippen LogP contribution in [0.15, 0.2) is 4.90 Å². The van der Waals surface area contributed by atoms with Crippen molar-refractivity contribution in [2.24, 2.45) is 0 Å². The Labute approximate surface area is 126 Å². The van der Waals surface area contributed by atoms with Crippen LogP contribution in [-0.4, -0.2) is 54.8 Å². The minimum absolute atomic E-state index is 0.0595. The van der Waals surface area contributed by atoms with Gasteiger partial charge in [0, 0.05) is 12.6 Å². The first-order chi connectivity index (χ1) is 9.79. The summed E-state index contributed by atoms with van der Waals surface area (Å²) < 4.78 is 27.0. The van der Waals surface area contributed by atoms with E-state index >= 15 is 0 Å². The quantitative estimate of drug-likeness (QED) is 0.580. The molecule has 1 rings (SSSR count). The lowest BCUT2D eigenvalue weighted by molar-refractivity contribution is 0.268. The van der Waals surface area contributed by atoms with Crippen molar-refractivity contribution in [3.05, 3.63) is 11.4 Å². The number of nitrogens with one attached hydrogen (secondary N) is 2. The number of nitrogens with zero attached hydrogens (tertiary/aromatic N) is 2. The minimum Gasteiger partial charge on any atom is -0.390 e. The Morgan fingerprint density at radius 3 is 2.62 bits per heavy atom. The Bertz CT molecular complexity index is 540. The zero-order valence-corrected chi connectivity index (χ0v) is 14.0. The van der Waals surface area contributed by atoms with Crippen molar-refractivity contribution in [1.82, 2.24) is 19.8 Å². The summed E-state index contributed by atoms with van der Waals surface area (Å²) >= 11 is 0. The first-order valence-electron chi connectivity index (χ1n) is 7.14. The van der Waals surface area contributed by atoms with E-state index in [9.17, 15) is 8.42 Å². The number of hydrogen-bond donors (Lipinski definition) is 3. The summed E-state index contributed by atoms with van der Waals surface area (Å²) in [5.41, 5.74) is 0.589. The van der Waals surface area contributed by atoms with Crippen molar-refractivity contribution in [1.29, 1.82) is 0 Å². The van der Waals surface area contributed by atoms with Gasteiger partial charge in [-0.2, -0.15) is 5.10 Å². The van der Waals surface area contributed by atoms with E-state index in [1.54, 1.807) is 6.92 Å². The molecule has 7 nitrogen and oxygen atoms in total. The second kappa shape index (κ2) is 7.88. The summed E-state index contributed by atoms with van der Waals surface area (Å²) in [5.74, 6) is 0. The van der Waals surface area contributed by atoms with Crippen LogP contribution >= 0.6 is 0 Å². The molecule has 1 aromatic heterocycles. The maximum Gasteiger partial charge on any atom is 0.244 e. The van der Waals surface area contributed by atoms with Crippen LogP contribution in [-0.2, 0) is 16.6 Å². The van der Waals surface area contributed by atoms with Gasteiger partial charge >= 0.3 is 0 Å². The van der Waals surface area contributed by atoms with Gasteiger partial charge < -0.3 is 10.0 Å². The lowest BCUT2D eigenvalue weighted by Gasteiger charge is -2.20. The van der Waals surface area contributed by atoms with E-state index in [2.05, 4.69) is 40.7 Å². The Morgan fingerprint density at radius 2 is 2.05 bits per heavy atom. The molecule has 1 heterocycles. The van der Waals surface area contributed by atoms with Crippen LogP contribution < -0.4 is 4.72 Å². The van der Waals surface area contributed by atoms with Crippen molar-refractivity contribution < 1.29 is 13.5 Å². The largest absolute Gasteiger partial charge is 0.390 e. The van der Waals surface area contributed by atoms with Gasteiger partial charge in [0.15, 0.2) is 0 Å². The lowest BCUT2D eigenvalue weighted by Crippen LogP contribution is -2.29. The van der Waals surface area contributed by atoms with Gasteiger partial charge in [0.05, 0.1) is 12.3 Å². The van der Waals surface area contributed by atoms with Crippen molar-refractivity contribution in [2.45, 2.75) is 51.2 Å². The third-order valence-corrected chi connectivity index (χ3v) is 5.15. The van der Waals surface area contributed by atoms with E-state index in [1.807, 2.05) is 0 Å². The Morgan fingerprint density at radius 1 is 1.38 bits per heavy atom. The van der Waals surface area contributed by atoms with E-state index in [0.717, 1.165) is 19.4 Å². The molecule has 0 aromatic carbocycles. The average molecular weight is 318 g/mol. The number of rotatable bonds is 9. The highest BCUT2D eigenvalue weighted by Gasteiger charge is 2.23. The molecule has 3 N–H and O–H groups in total. The number of aryl methyl sites for hydroxylation is 1. The Kier molecular flexibility index (Phi) is 6.79. The van der Waals surface area contributed by atoms with Crippen LogP contribution in [0.25, 0.3) is 0 Å². The van der Waals surface area contributed by atoms with Crippen molar-refractivity contribution in [3.8, 4) is 0 Å². The highest BCUT2D eigenvalue weighted by Crippen LogP contribution is 2.17. The Hall–Kier alpha value is -0.960. The fourth-order valence-electron chi connectivity index (χ4n) is 1.96. The second-order valence-electron chi connectivity index (χ2n) is 5.46. The summed E-state index contributed by atoms with van der Waals surface area (Å²) in [7, 11) is -1.57. The SMILES string of the molecule is Cc1[nH]nc(CO)c1S(=O)(=O)NCCCCN(C)C(C)C.